The minimum Gasteiger partial charge on any atom is -0.479 e. The van der Waals surface area contributed by atoms with Crippen LogP contribution in [-0.4, -0.2) is 48.2 Å². The Kier molecular flexibility index (Phi) is 4.04. The second kappa shape index (κ2) is 5.78. The van der Waals surface area contributed by atoms with E-state index in [1.54, 1.807) is 35.4 Å². The highest BCUT2D eigenvalue weighted by Gasteiger charge is 2.46. The molecule has 0 saturated heterocycles. The smallest absolute Gasteiger partial charge is 0.348 e. The van der Waals surface area contributed by atoms with E-state index in [0.717, 1.165) is 5.69 Å². The number of nitrogens with zero attached hydrogens (tertiary/aromatic N) is 2. The van der Waals surface area contributed by atoms with Crippen molar-refractivity contribution in [3.63, 3.8) is 0 Å². The van der Waals surface area contributed by atoms with Crippen LogP contribution in [0.15, 0.2) is 43.0 Å². The van der Waals surface area contributed by atoms with Gasteiger partial charge in [-0.25, -0.2) is 14.6 Å². The lowest BCUT2D eigenvalue weighted by Gasteiger charge is -2.17. The number of carbonyl (C=O) groups excluding carboxylic acids is 1. The van der Waals surface area contributed by atoms with E-state index in [9.17, 15) is 19.5 Å². The Hall–Kier alpha value is -3.00. The van der Waals surface area contributed by atoms with Gasteiger partial charge >= 0.3 is 11.9 Å². The molecule has 2 aromatic rings. The van der Waals surface area contributed by atoms with Crippen LogP contribution in [0, 0.1) is 0 Å². The number of carboxylic acids is 2. The molecule has 1 aromatic heterocycles. The molecule has 2 rings (SSSR count). The van der Waals surface area contributed by atoms with Crippen molar-refractivity contribution in [1.29, 1.82) is 0 Å². The van der Waals surface area contributed by atoms with E-state index in [1.165, 1.54) is 12.1 Å². The Morgan fingerprint density at radius 2 is 1.68 bits per heavy atom. The monoisotopic (exact) mass is 304 g/mol. The lowest BCUT2D eigenvalue weighted by molar-refractivity contribution is -0.175. The van der Waals surface area contributed by atoms with Crippen LogP contribution in [0.4, 0.5) is 0 Å². The number of carbonyl (C=O) groups is 3. The van der Waals surface area contributed by atoms with Gasteiger partial charge in [0.1, 0.15) is 0 Å². The zero-order valence-electron chi connectivity index (χ0n) is 11.2. The summed E-state index contributed by atoms with van der Waals surface area (Å²) in [6.07, 6.45) is 3.79. The number of rotatable bonds is 6. The van der Waals surface area contributed by atoms with E-state index in [-0.39, 0.29) is 5.56 Å². The highest BCUT2D eigenvalue weighted by molar-refractivity contribution is 6.08. The number of carboxylic acid groups (broad SMARTS) is 2. The van der Waals surface area contributed by atoms with Gasteiger partial charge in [0.15, 0.2) is 5.78 Å². The first kappa shape index (κ1) is 15.4. The van der Waals surface area contributed by atoms with Gasteiger partial charge in [-0.1, -0.05) is 0 Å². The number of aromatic nitrogens is 2. The molecule has 0 fully saturated rings. The molecule has 8 heteroatoms. The molecular formula is C14H12N2O6. The van der Waals surface area contributed by atoms with Crippen LogP contribution >= 0.6 is 0 Å². The number of hydrogen-bond acceptors (Lipinski definition) is 5. The van der Waals surface area contributed by atoms with Crippen LogP contribution in [-0.2, 0) is 9.59 Å². The van der Waals surface area contributed by atoms with Crippen LogP contribution in [0.1, 0.15) is 16.8 Å². The molecule has 22 heavy (non-hydrogen) atoms. The molecule has 0 saturated carbocycles. The predicted octanol–water partition coefficient (Wildman–Crippen LogP) is 0.345. The average Bonchev–Trinajstić information content (AvgIpc) is 3.01. The normalized spacial score (nSPS) is 11.1. The molecule has 0 amide bonds. The van der Waals surface area contributed by atoms with Crippen molar-refractivity contribution >= 4 is 17.7 Å². The number of Topliss-reactive ketones (excluding diaryl/α,β-unsaturated/α-hetero) is 1. The second-order valence-corrected chi connectivity index (χ2v) is 4.59. The van der Waals surface area contributed by atoms with Gasteiger partial charge in [0.25, 0.3) is 5.60 Å². The van der Waals surface area contributed by atoms with E-state index in [1.807, 2.05) is 0 Å². The second-order valence-electron chi connectivity index (χ2n) is 4.59. The van der Waals surface area contributed by atoms with Crippen molar-refractivity contribution < 1.29 is 29.7 Å². The van der Waals surface area contributed by atoms with Crippen LogP contribution in [0.2, 0.25) is 0 Å². The highest BCUT2D eigenvalue weighted by atomic mass is 16.4. The summed E-state index contributed by atoms with van der Waals surface area (Å²) < 4.78 is 1.69. The zero-order chi connectivity index (χ0) is 16.3. The molecule has 3 N–H and O–H groups in total. The summed E-state index contributed by atoms with van der Waals surface area (Å²) in [4.78, 5) is 37.5. The fourth-order valence-corrected chi connectivity index (χ4v) is 1.81. The van der Waals surface area contributed by atoms with Gasteiger partial charge in [-0.2, -0.15) is 0 Å². The lowest BCUT2D eigenvalue weighted by atomic mass is 9.94. The molecule has 8 nitrogen and oxygen atoms in total. The Morgan fingerprint density at radius 3 is 2.14 bits per heavy atom. The van der Waals surface area contributed by atoms with Crippen molar-refractivity contribution in [3.8, 4) is 5.69 Å². The summed E-state index contributed by atoms with van der Waals surface area (Å²) in [5.41, 5.74) is -2.31. The van der Waals surface area contributed by atoms with Crippen molar-refractivity contribution in [2.24, 2.45) is 0 Å². The molecule has 0 spiro atoms. The van der Waals surface area contributed by atoms with E-state index in [2.05, 4.69) is 4.98 Å². The standard InChI is InChI=1S/C14H12N2O6/c17-11(7-14(22,12(18)19)13(20)21)9-1-3-10(4-2-9)16-6-5-15-8-16/h1-6,8,22H,7H2,(H,18,19)(H,20,21). The van der Waals surface area contributed by atoms with Gasteiger partial charge in [0, 0.05) is 23.6 Å². The van der Waals surface area contributed by atoms with Crippen molar-refractivity contribution in [1.82, 2.24) is 9.55 Å². The third-order valence-electron chi connectivity index (χ3n) is 3.12. The number of aliphatic carboxylic acids is 2. The maximum absolute atomic E-state index is 12.0. The quantitative estimate of drug-likeness (QED) is 0.518. The van der Waals surface area contributed by atoms with Crippen LogP contribution < -0.4 is 0 Å². The summed E-state index contributed by atoms with van der Waals surface area (Å²) in [6.45, 7) is 0. The molecule has 0 atom stereocenters. The molecule has 0 bridgehead atoms. The maximum atomic E-state index is 12.0. The highest BCUT2D eigenvalue weighted by Crippen LogP contribution is 2.17. The number of imidazole rings is 1. The van der Waals surface area contributed by atoms with Gasteiger partial charge in [-0.05, 0) is 24.3 Å². The third kappa shape index (κ3) is 2.86. The molecule has 0 aliphatic carbocycles. The number of aliphatic hydroxyl groups is 1. The molecule has 0 aliphatic rings. The topological polar surface area (TPSA) is 130 Å². The van der Waals surface area contributed by atoms with Gasteiger partial charge in [0.2, 0.25) is 0 Å². The largest absolute Gasteiger partial charge is 0.479 e. The summed E-state index contributed by atoms with van der Waals surface area (Å²) in [7, 11) is 0. The fraction of sp³-hybridized carbons (Fsp3) is 0.143. The van der Waals surface area contributed by atoms with Crippen molar-refractivity contribution in [2.45, 2.75) is 12.0 Å². The van der Waals surface area contributed by atoms with Gasteiger partial charge < -0.3 is 19.9 Å². The lowest BCUT2D eigenvalue weighted by Crippen LogP contribution is -2.48. The molecule has 1 heterocycles. The SMILES string of the molecule is O=C(CC(O)(C(=O)O)C(=O)O)c1ccc(-n2ccnc2)cc1. The fourth-order valence-electron chi connectivity index (χ4n) is 1.81. The van der Waals surface area contributed by atoms with E-state index >= 15 is 0 Å². The predicted molar refractivity (Wildman–Crippen MR) is 72.7 cm³/mol. The Labute approximate surface area is 124 Å². The summed E-state index contributed by atoms with van der Waals surface area (Å²) >= 11 is 0. The first-order valence-corrected chi connectivity index (χ1v) is 6.15. The van der Waals surface area contributed by atoms with Crippen LogP contribution in [0.5, 0.6) is 0 Å². The van der Waals surface area contributed by atoms with Crippen molar-refractivity contribution in [2.75, 3.05) is 0 Å². The number of benzene rings is 1. The summed E-state index contributed by atoms with van der Waals surface area (Å²) in [5, 5.41) is 27.1. The van der Waals surface area contributed by atoms with E-state index in [4.69, 9.17) is 10.2 Å². The van der Waals surface area contributed by atoms with Gasteiger partial charge in [0.05, 0.1) is 12.7 Å². The van der Waals surface area contributed by atoms with Crippen molar-refractivity contribution in [3.05, 3.63) is 48.5 Å². The number of hydrogen-bond donors (Lipinski definition) is 3. The third-order valence-corrected chi connectivity index (χ3v) is 3.12. The Morgan fingerprint density at radius 1 is 1.09 bits per heavy atom. The first-order valence-electron chi connectivity index (χ1n) is 6.15. The molecule has 1 aromatic carbocycles. The molecule has 114 valence electrons. The molecular weight excluding hydrogens is 292 g/mol. The van der Waals surface area contributed by atoms with Gasteiger partial charge in [-0.3, -0.25) is 4.79 Å². The van der Waals surface area contributed by atoms with Gasteiger partial charge in [-0.15, -0.1) is 0 Å². The average molecular weight is 304 g/mol. The number of ketones is 1. The summed E-state index contributed by atoms with van der Waals surface area (Å²) in [6, 6.07) is 6.02. The van der Waals surface area contributed by atoms with E-state index in [0.29, 0.717) is 0 Å². The summed E-state index contributed by atoms with van der Waals surface area (Å²) in [5.74, 6) is -4.75. The van der Waals surface area contributed by atoms with E-state index < -0.39 is 29.7 Å². The minimum atomic E-state index is -3.14. The Bertz CT molecular complexity index is 691. The van der Waals surface area contributed by atoms with Crippen LogP contribution in [0.3, 0.4) is 0 Å². The molecule has 0 unspecified atom stereocenters. The molecule has 0 aliphatic heterocycles. The minimum absolute atomic E-state index is 0.102. The maximum Gasteiger partial charge on any atom is 0.348 e. The van der Waals surface area contributed by atoms with Crippen LogP contribution in [0.25, 0.3) is 5.69 Å². The zero-order valence-corrected chi connectivity index (χ0v) is 11.2. The first-order chi connectivity index (χ1) is 10.3. The molecule has 0 radical (unpaired) electrons. The Balaban J connectivity index is 2.20.